The molecule has 12 nitrogen and oxygen atoms in total. The standard InChI is InChI=1S/C29H54N8O4/c30-27-25-28-29(31-26-27)37(18-24-41-22-2-4-33-7-11-35(12-8-33)16-20-39)14-13-36(28)17-23-40-21-1-3-32-5-9-34(10-6-32)15-19-38/h25-26,38-39H,1-24,30H2. The van der Waals surface area contributed by atoms with Gasteiger partial charge in [0.05, 0.1) is 44.0 Å². The fraction of sp³-hybridized carbons (Fsp3) is 0.828. The monoisotopic (exact) mass is 578 g/mol. The number of hydrogen-bond acceptors (Lipinski definition) is 12. The first kappa shape index (κ1) is 32.2. The fourth-order valence-corrected chi connectivity index (χ4v) is 5.95. The lowest BCUT2D eigenvalue weighted by Crippen LogP contribution is -2.47. The molecule has 4 rings (SSSR count). The van der Waals surface area contributed by atoms with Crippen LogP contribution in [0.5, 0.6) is 0 Å². The molecule has 0 amide bonds. The molecule has 3 aliphatic rings. The molecule has 0 unspecified atom stereocenters. The van der Waals surface area contributed by atoms with Crippen LogP contribution in [0.1, 0.15) is 12.8 Å². The molecule has 0 radical (unpaired) electrons. The summed E-state index contributed by atoms with van der Waals surface area (Å²) < 4.78 is 12.0. The maximum Gasteiger partial charge on any atom is 0.152 e. The second-order valence-corrected chi connectivity index (χ2v) is 11.3. The van der Waals surface area contributed by atoms with Crippen molar-refractivity contribution in [3.05, 3.63) is 12.3 Å². The van der Waals surface area contributed by atoms with Crippen LogP contribution in [-0.4, -0.2) is 179 Å². The molecule has 0 saturated carbocycles. The van der Waals surface area contributed by atoms with Crippen LogP contribution in [0.2, 0.25) is 0 Å². The average molecular weight is 579 g/mol. The highest BCUT2D eigenvalue weighted by atomic mass is 16.5. The highest BCUT2D eigenvalue weighted by Gasteiger charge is 2.24. The van der Waals surface area contributed by atoms with Gasteiger partial charge in [-0.25, -0.2) is 4.98 Å². The number of hydrogen-bond donors (Lipinski definition) is 3. The number of aromatic nitrogens is 1. The SMILES string of the molecule is Nc1cnc2c(c1)N(CCOCCCN1CCN(CCO)CC1)CCN2CCOCCCN1CCN(CCO)CC1. The van der Waals surface area contributed by atoms with Crippen molar-refractivity contribution >= 4 is 17.2 Å². The molecule has 1 aromatic heterocycles. The molecule has 3 aliphatic heterocycles. The number of nitrogen functional groups attached to an aromatic ring is 1. The van der Waals surface area contributed by atoms with Crippen molar-refractivity contribution < 1.29 is 19.7 Å². The molecule has 12 heteroatoms. The van der Waals surface area contributed by atoms with Crippen LogP contribution in [0.4, 0.5) is 17.2 Å². The summed E-state index contributed by atoms with van der Waals surface area (Å²) in [5, 5.41) is 18.2. The Labute approximate surface area is 246 Å². The molecule has 4 heterocycles. The van der Waals surface area contributed by atoms with Gasteiger partial charge in [0.1, 0.15) is 0 Å². The zero-order valence-electron chi connectivity index (χ0n) is 25.0. The Morgan fingerprint density at radius 2 is 1.07 bits per heavy atom. The number of ether oxygens (including phenoxy) is 2. The first-order chi connectivity index (χ1) is 20.2. The molecule has 234 valence electrons. The molecule has 2 saturated heterocycles. The van der Waals surface area contributed by atoms with E-state index in [1.54, 1.807) is 6.20 Å². The minimum absolute atomic E-state index is 0.247. The second-order valence-electron chi connectivity index (χ2n) is 11.3. The molecule has 2 fully saturated rings. The average Bonchev–Trinajstić information content (AvgIpc) is 2.99. The Morgan fingerprint density at radius 3 is 1.59 bits per heavy atom. The lowest BCUT2D eigenvalue weighted by Gasteiger charge is -2.38. The Hall–Kier alpha value is -1.77. The summed E-state index contributed by atoms with van der Waals surface area (Å²) in [6.45, 7) is 19.1. The van der Waals surface area contributed by atoms with Crippen molar-refractivity contribution in [3.8, 4) is 0 Å². The van der Waals surface area contributed by atoms with Crippen LogP contribution in [0.3, 0.4) is 0 Å². The minimum atomic E-state index is 0.247. The number of aliphatic hydroxyl groups excluding tert-OH is 2. The van der Waals surface area contributed by atoms with Crippen molar-refractivity contribution in [2.45, 2.75) is 12.8 Å². The smallest absolute Gasteiger partial charge is 0.152 e. The van der Waals surface area contributed by atoms with E-state index in [1.165, 1.54) is 0 Å². The van der Waals surface area contributed by atoms with Gasteiger partial charge in [-0.1, -0.05) is 0 Å². The second kappa shape index (κ2) is 18.0. The van der Waals surface area contributed by atoms with Gasteiger partial charge in [0.15, 0.2) is 5.82 Å². The number of aliphatic hydroxyl groups is 2. The Kier molecular flexibility index (Phi) is 14.1. The highest BCUT2D eigenvalue weighted by Crippen LogP contribution is 2.32. The van der Waals surface area contributed by atoms with Gasteiger partial charge in [0, 0.05) is 118 Å². The molecular weight excluding hydrogens is 524 g/mol. The third-order valence-electron chi connectivity index (χ3n) is 8.45. The lowest BCUT2D eigenvalue weighted by molar-refractivity contribution is 0.0926. The number of rotatable bonds is 18. The van der Waals surface area contributed by atoms with Gasteiger partial charge >= 0.3 is 0 Å². The molecular formula is C29H54N8O4. The van der Waals surface area contributed by atoms with E-state index >= 15 is 0 Å². The first-order valence-electron chi connectivity index (χ1n) is 15.7. The normalized spacial score (nSPS) is 19.7. The third-order valence-corrected chi connectivity index (χ3v) is 8.45. The molecule has 0 spiro atoms. The first-order valence-corrected chi connectivity index (χ1v) is 15.7. The maximum atomic E-state index is 9.10. The molecule has 0 atom stereocenters. The van der Waals surface area contributed by atoms with E-state index in [4.69, 9.17) is 25.4 Å². The van der Waals surface area contributed by atoms with Gasteiger partial charge < -0.3 is 45.0 Å². The van der Waals surface area contributed by atoms with Crippen molar-refractivity contribution in [1.82, 2.24) is 24.6 Å². The Bertz CT molecular complexity index is 852. The van der Waals surface area contributed by atoms with E-state index in [1.807, 2.05) is 6.07 Å². The number of piperazine rings is 2. The van der Waals surface area contributed by atoms with E-state index in [-0.39, 0.29) is 13.2 Å². The summed E-state index contributed by atoms with van der Waals surface area (Å²) in [6, 6.07) is 2.03. The molecule has 1 aromatic rings. The minimum Gasteiger partial charge on any atom is -0.397 e. The summed E-state index contributed by atoms with van der Waals surface area (Å²) in [5.74, 6) is 0.982. The predicted molar refractivity (Wildman–Crippen MR) is 164 cm³/mol. The number of fused-ring (bicyclic) bond motifs is 1. The zero-order valence-corrected chi connectivity index (χ0v) is 25.0. The van der Waals surface area contributed by atoms with Gasteiger partial charge in [-0.3, -0.25) is 9.80 Å². The molecule has 0 aliphatic carbocycles. The van der Waals surface area contributed by atoms with Crippen molar-refractivity contribution in [2.75, 3.05) is 160 Å². The summed E-state index contributed by atoms with van der Waals surface area (Å²) in [5.41, 5.74) is 7.89. The van der Waals surface area contributed by atoms with Crippen LogP contribution in [0.25, 0.3) is 0 Å². The van der Waals surface area contributed by atoms with Crippen molar-refractivity contribution in [3.63, 3.8) is 0 Å². The van der Waals surface area contributed by atoms with Crippen LogP contribution < -0.4 is 15.5 Å². The van der Waals surface area contributed by atoms with E-state index in [0.29, 0.717) is 18.9 Å². The third kappa shape index (κ3) is 10.8. The quantitative estimate of drug-likeness (QED) is 0.192. The summed E-state index contributed by atoms with van der Waals surface area (Å²) in [6.07, 6.45) is 3.83. The number of pyridine rings is 1. The summed E-state index contributed by atoms with van der Waals surface area (Å²) in [7, 11) is 0. The van der Waals surface area contributed by atoms with Gasteiger partial charge in [0.2, 0.25) is 0 Å². The van der Waals surface area contributed by atoms with Crippen LogP contribution in [0, 0.1) is 0 Å². The summed E-state index contributed by atoms with van der Waals surface area (Å²) >= 11 is 0. The van der Waals surface area contributed by atoms with Gasteiger partial charge in [-0.05, 0) is 18.9 Å². The maximum absolute atomic E-state index is 9.10. The zero-order chi connectivity index (χ0) is 28.7. The van der Waals surface area contributed by atoms with E-state index in [0.717, 1.165) is 142 Å². The number of anilines is 3. The fourth-order valence-electron chi connectivity index (χ4n) is 5.95. The van der Waals surface area contributed by atoms with Crippen LogP contribution in [0.15, 0.2) is 12.3 Å². The number of nitrogens with zero attached hydrogens (tertiary/aromatic N) is 7. The number of β-amino-alcohol motifs (C(OH)–C–C–N with tert-alkyl or cyclic N) is 2. The summed E-state index contributed by atoms with van der Waals surface area (Å²) in [4.78, 5) is 19.0. The molecule has 4 N–H and O–H groups in total. The van der Waals surface area contributed by atoms with Gasteiger partial charge in [0.25, 0.3) is 0 Å². The lowest BCUT2D eigenvalue weighted by atomic mass is 10.2. The van der Waals surface area contributed by atoms with Crippen LogP contribution in [-0.2, 0) is 9.47 Å². The highest BCUT2D eigenvalue weighted by molar-refractivity contribution is 5.72. The molecule has 0 aromatic carbocycles. The predicted octanol–water partition coefficient (Wildman–Crippen LogP) is -0.677. The van der Waals surface area contributed by atoms with Crippen molar-refractivity contribution in [1.29, 1.82) is 0 Å². The van der Waals surface area contributed by atoms with E-state index < -0.39 is 0 Å². The van der Waals surface area contributed by atoms with Crippen LogP contribution >= 0.6 is 0 Å². The molecule has 41 heavy (non-hydrogen) atoms. The van der Waals surface area contributed by atoms with Gasteiger partial charge in [-0.2, -0.15) is 0 Å². The Morgan fingerprint density at radius 1 is 0.610 bits per heavy atom. The largest absolute Gasteiger partial charge is 0.397 e. The topological polar surface area (TPSA) is 117 Å². The molecule has 0 bridgehead atoms. The van der Waals surface area contributed by atoms with Crippen molar-refractivity contribution in [2.24, 2.45) is 0 Å². The Balaban J connectivity index is 1.08. The van der Waals surface area contributed by atoms with E-state index in [2.05, 4.69) is 34.4 Å². The van der Waals surface area contributed by atoms with Gasteiger partial charge in [-0.15, -0.1) is 0 Å². The number of nitrogens with two attached hydrogens (primary N) is 1. The van der Waals surface area contributed by atoms with E-state index in [9.17, 15) is 0 Å².